The largest absolute Gasteiger partial charge is 0.486 e. The van der Waals surface area contributed by atoms with E-state index in [1.54, 1.807) is 25.2 Å². The maximum Gasteiger partial charge on any atom is 0.191 e. The molecular weight excluding hydrogens is 396 g/mol. The quantitative estimate of drug-likeness (QED) is 0.402. The van der Waals surface area contributed by atoms with Gasteiger partial charge in [-0.3, -0.25) is 4.99 Å². The van der Waals surface area contributed by atoms with Crippen LogP contribution >= 0.6 is 24.0 Å². The lowest BCUT2D eigenvalue weighted by atomic mass is 10.2. The Bertz CT molecular complexity index is 455. The number of benzene rings is 1. The van der Waals surface area contributed by atoms with Gasteiger partial charge < -0.3 is 15.4 Å². The molecule has 0 radical (unpaired) electrons. The third-order valence-electron chi connectivity index (χ3n) is 2.98. The van der Waals surface area contributed by atoms with Crippen molar-refractivity contribution in [1.82, 2.24) is 10.6 Å². The SMILES string of the molecule is CCC(CNC(=NC)NCC(C)C)Oc1ccccc1F.I. The van der Waals surface area contributed by atoms with E-state index < -0.39 is 0 Å². The summed E-state index contributed by atoms with van der Waals surface area (Å²) in [6.07, 6.45) is 0.669. The minimum atomic E-state index is -0.335. The highest BCUT2D eigenvalue weighted by atomic mass is 127. The van der Waals surface area contributed by atoms with Crippen molar-refractivity contribution in [3.05, 3.63) is 30.1 Å². The summed E-state index contributed by atoms with van der Waals surface area (Å²) in [7, 11) is 1.73. The average molecular weight is 423 g/mol. The van der Waals surface area contributed by atoms with Crippen molar-refractivity contribution < 1.29 is 9.13 Å². The van der Waals surface area contributed by atoms with Gasteiger partial charge >= 0.3 is 0 Å². The van der Waals surface area contributed by atoms with Crippen molar-refractivity contribution in [2.24, 2.45) is 10.9 Å². The summed E-state index contributed by atoms with van der Waals surface area (Å²) in [4.78, 5) is 4.16. The third-order valence-corrected chi connectivity index (χ3v) is 2.98. The molecule has 0 aromatic heterocycles. The summed E-state index contributed by atoms with van der Waals surface area (Å²) in [6, 6.07) is 6.46. The van der Waals surface area contributed by atoms with E-state index in [1.165, 1.54) is 6.07 Å². The minimum absolute atomic E-state index is 0. The van der Waals surface area contributed by atoms with E-state index in [0.29, 0.717) is 12.5 Å². The number of nitrogens with zero attached hydrogens (tertiary/aromatic N) is 1. The summed E-state index contributed by atoms with van der Waals surface area (Å²) in [5.74, 6) is 1.23. The summed E-state index contributed by atoms with van der Waals surface area (Å²) < 4.78 is 19.3. The summed E-state index contributed by atoms with van der Waals surface area (Å²) in [5, 5.41) is 6.44. The van der Waals surface area contributed by atoms with Crippen molar-refractivity contribution in [3.8, 4) is 5.75 Å². The van der Waals surface area contributed by atoms with Gasteiger partial charge in [-0.05, 0) is 24.5 Å². The van der Waals surface area contributed by atoms with Gasteiger partial charge in [0.05, 0.1) is 6.54 Å². The first-order valence-corrected chi connectivity index (χ1v) is 7.42. The zero-order valence-corrected chi connectivity index (χ0v) is 16.1. The van der Waals surface area contributed by atoms with Gasteiger partial charge in [-0.1, -0.05) is 32.9 Å². The van der Waals surface area contributed by atoms with Gasteiger partial charge in [0.15, 0.2) is 17.5 Å². The molecule has 0 saturated heterocycles. The molecule has 0 amide bonds. The highest BCUT2D eigenvalue weighted by Crippen LogP contribution is 2.17. The lowest BCUT2D eigenvalue weighted by molar-refractivity contribution is 0.191. The molecule has 0 bridgehead atoms. The smallest absolute Gasteiger partial charge is 0.191 e. The van der Waals surface area contributed by atoms with Crippen LogP contribution in [0, 0.1) is 11.7 Å². The van der Waals surface area contributed by atoms with Crippen molar-refractivity contribution in [2.45, 2.75) is 33.3 Å². The molecule has 0 saturated carbocycles. The fourth-order valence-corrected chi connectivity index (χ4v) is 1.72. The minimum Gasteiger partial charge on any atom is -0.486 e. The van der Waals surface area contributed by atoms with Crippen molar-refractivity contribution in [1.29, 1.82) is 0 Å². The van der Waals surface area contributed by atoms with Gasteiger partial charge in [-0.25, -0.2) is 4.39 Å². The second kappa shape index (κ2) is 11.5. The number of guanidine groups is 1. The molecule has 0 spiro atoms. The predicted octanol–water partition coefficient (Wildman–Crippen LogP) is 3.42. The lowest BCUT2D eigenvalue weighted by Crippen LogP contribution is -2.43. The van der Waals surface area contributed by atoms with E-state index >= 15 is 0 Å². The number of hydrogen-bond acceptors (Lipinski definition) is 2. The molecule has 0 aliphatic carbocycles. The van der Waals surface area contributed by atoms with Crippen molar-refractivity contribution in [2.75, 3.05) is 20.1 Å². The van der Waals surface area contributed by atoms with Crippen LogP contribution in [-0.4, -0.2) is 32.2 Å². The van der Waals surface area contributed by atoms with Gasteiger partial charge in [0.2, 0.25) is 0 Å². The van der Waals surface area contributed by atoms with Gasteiger partial charge in [-0.15, -0.1) is 24.0 Å². The highest BCUT2D eigenvalue weighted by molar-refractivity contribution is 14.0. The Morgan fingerprint density at radius 3 is 2.41 bits per heavy atom. The summed E-state index contributed by atoms with van der Waals surface area (Å²) in [5.41, 5.74) is 0. The standard InChI is InChI=1S/C16H26FN3O.HI/c1-5-13(21-15-9-7-6-8-14(15)17)11-20-16(18-4)19-10-12(2)3;/h6-9,12-13H,5,10-11H2,1-4H3,(H2,18,19,20);1H. The zero-order valence-electron chi connectivity index (χ0n) is 13.7. The monoisotopic (exact) mass is 423 g/mol. The number of rotatable bonds is 7. The highest BCUT2D eigenvalue weighted by Gasteiger charge is 2.11. The molecule has 22 heavy (non-hydrogen) atoms. The van der Waals surface area contributed by atoms with E-state index in [-0.39, 0.29) is 41.6 Å². The molecule has 0 aliphatic heterocycles. The summed E-state index contributed by atoms with van der Waals surface area (Å²) >= 11 is 0. The average Bonchev–Trinajstić information content (AvgIpc) is 2.47. The van der Waals surface area contributed by atoms with Crippen LogP contribution in [0.1, 0.15) is 27.2 Å². The molecular formula is C16H27FIN3O. The molecule has 0 aliphatic rings. The third kappa shape index (κ3) is 7.82. The van der Waals surface area contributed by atoms with Crippen molar-refractivity contribution >= 4 is 29.9 Å². The molecule has 0 fully saturated rings. The number of hydrogen-bond donors (Lipinski definition) is 2. The molecule has 4 nitrogen and oxygen atoms in total. The second-order valence-corrected chi connectivity index (χ2v) is 5.31. The summed E-state index contributed by atoms with van der Waals surface area (Å²) in [6.45, 7) is 7.71. The van der Waals surface area contributed by atoms with E-state index in [4.69, 9.17) is 4.74 Å². The molecule has 1 aromatic carbocycles. The number of aliphatic imine (C=N–C) groups is 1. The van der Waals surface area contributed by atoms with Crippen LogP contribution in [0.2, 0.25) is 0 Å². The maximum absolute atomic E-state index is 13.6. The lowest BCUT2D eigenvalue weighted by Gasteiger charge is -2.20. The molecule has 126 valence electrons. The van der Waals surface area contributed by atoms with Crippen LogP contribution in [-0.2, 0) is 0 Å². The molecule has 1 rings (SSSR count). The Balaban J connectivity index is 0.00000441. The van der Waals surface area contributed by atoms with Gasteiger partial charge in [0, 0.05) is 13.6 Å². The van der Waals surface area contributed by atoms with Crippen LogP contribution < -0.4 is 15.4 Å². The van der Waals surface area contributed by atoms with Crippen LogP contribution in [0.3, 0.4) is 0 Å². The van der Waals surface area contributed by atoms with Gasteiger partial charge in [0.1, 0.15) is 6.10 Å². The van der Waals surface area contributed by atoms with Gasteiger partial charge in [0.25, 0.3) is 0 Å². The first-order chi connectivity index (χ1) is 10.1. The normalized spacial score (nSPS) is 12.5. The van der Waals surface area contributed by atoms with Crippen LogP contribution in [0.5, 0.6) is 5.75 Å². The van der Waals surface area contributed by atoms with Crippen LogP contribution in [0.4, 0.5) is 4.39 Å². The zero-order chi connectivity index (χ0) is 15.7. The first kappa shape index (κ1) is 20.9. The molecule has 6 heteroatoms. The number of ether oxygens (including phenoxy) is 1. The van der Waals surface area contributed by atoms with Crippen molar-refractivity contribution in [3.63, 3.8) is 0 Å². The number of para-hydroxylation sites is 1. The van der Waals surface area contributed by atoms with E-state index in [2.05, 4.69) is 29.5 Å². The Hall–Kier alpha value is -1.05. The molecule has 1 atom stereocenters. The predicted molar refractivity (Wildman–Crippen MR) is 101 cm³/mol. The van der Waals surface area contributed by atoms with Gasteiger partial charge in [-0.2, -0.15) is 0 Å². The Labute approximate surface area is 149 Å². The Kier molecular flexibility index (Phi) is 11.0. The molecule has 1 unspecified atom stereocenters. The number of halogens is 2. The number of nitrogens with one attached hydrogen (secondary N) is 2. The molecule has 0 heterocycles. The Morgan fingerprint density at radius 1 is 1.23 bits per heavy atom. The maximum atomic E-state index is 13.6. The topological polar surface area (TPSA) is 45.7 Å². The Morgan fingerprint density at radius 2 is 1.86 bits per heavy atom. The van der Waals surface area contributed by atoms with E-state index in [1.807, 2.05) is 6.92 Å². The molecule has 2 N–H and O–H groups in total. The molecule has 1 aromatic rings. The second-order valence-electron chi connectivity index (χ2n) is 5.31. The fourth-order valence-electron chi connectivity index (χ4n) is 1.72. The van der Waals surface area contributed by atoms with Crippen LogP contribution in [0.25, 0.3) is 0 Å². The first-order valence-electron chi connectivity index (χ1n) is 7.42. The van der Waals surface area contributed by atoms with Crippen LogP contribution in [0.15, 0.2) is 29.3 Å². The van der Waals surface area contributed by atoms with E-state index in [0.717, 1.165) is 18.9 Å². The van der Waals surface area contributed by atoms with E-state index in [9.17, 15) is 4.39 Å². The fraction of sp³-hybridized carbons (Fsp3) is 0.562.